The molecular weight excluding hydrogens is 208 g/mol. The Hall–Kier alpha value is -0.650. The van der Waals surface area contributed by atoms with E-state index in [9.17, 15) is 4.79 Å². The third kappa shape index (κ3) is 2.72. The van der Waals surface area contributed by atoms with Gasteiger partial charge in [-0.25, -0.2) is 0 Å². The van der Waals surface area contributed by atoms with Crippen molar-refractivity contribution >= 4 is 5.91 Å². The van der Waals surface area contributed by atoms with Crippen LogP contribution in [0.25, 0.3) is 0 Å². The Labute approximate surface area is 95.9 Å². The highest BCUT2D eigenvalue weighted by molar-refractivity contribution is 5.76. The zero-order valence-electron chi connectivity index (χ0n) is 9.75. The van der Waals surface area contributed by atoms with Gasteiger partial charge in [-0.3, -0.25) is 4.79 Å². The van der Waals surface area contributed by atoms with Crippen molar-refractivity contribution in [2.45, 2.75) is 31.0 Å². The molecule has 2 aliphatic heterocycles. The average Bonchev–Trinajstić information content (AvgIpc) is 2.70. The van der Waals surface area contributed by atoms with Crippen LogP contribution >= 0.6 is 0 Å². The number of ether oxygens (including phenoxy) is 2. The van der Waals surface area contributed by atoms with Gasteiger partial charge in [0.2, 0.25) is 5.91 Å². The lowest BCUT2D eigenvalue weighted by atomic mass is 9.89. The van der Waals surface area contributed by atoms with Gasteiger partial charge < -0.3 is 20.1 Å². The van der Waals surface area contributed by atoms with Crippen molar-refractivity contribution in [2.24, 2.45) is 0 Å². The van der Waals surface area contributed by atoms with Gasteiger partial charge in [-0.05, 0) is 25.9 Å². The lowest BCUT2D eigenvalue weighted by Crippen LogP contribution is -2.41. The third-order valence-corrected chi connectivity index (χ3v) is 3.42. The molecule has 0 aromatic rings. The van der Waals surface area contributed by atoms with Gasteiger partial charge in [0, 0.05) is 13.5 Å². The summed E-state index contributed by atoms with van der Waals surface area (Å²) in [7, 11) is 1.62. The van der Waals surface area contributed by atoms with Crippen molar-refractivity contribution in [1.82, 2.24) is 10.6 Å². The van der Waals surface area contributed by atoms with Crippen molar-refractivity contribution in [3.05, 3.63) is 0 Å². The third-order valence-electron chi connectivity index (χ3n) is 3.42. The summed E-state index contributed by atoms with van der Waals surface area (Å²) in [5, 5.41) is 5.87. The predicted molar refractivity (Wildman–Crippen MR) is 59.2 cm³/mol. The van der Waals surface area contributed by atoms with Crippen LogP contribution in [0.3, 0.4) is 0 Å². The first kappa shape index (κ1) is 11.8. The number of rotatable bonds is 3. The minimum absolute atomic E-state index is 0.0125. The number of likely N-dealkylation sites (N-methyl/N-ethyl adjacent to an activating group) is 1. The topological polar surface area (TPSA) is 59.6 Å². The molecule has 2 fully saturated rings. The molecule has 92 valence electrons. The number of nitrogens with one attached hydrogen (secondary N) is 2. The lowest BCUT2D eigenvalue weighted by molar-refractivity contribution is -0.127. The number of amides is 1. The van der Waals surface area contributed by atoms with E-state index in [4.69, 9.17) is 9.47 Å². The van der Waals surface area contributed by atoms with Crippen molar-refractivity contribution in [1.29, 1.82) is 0 Å². The number of carbonyl (C=O) groups is 1. The van der Waals surface area contributed by atoms with E-state index < -0.39 is 0 Å². The number of piperidine rings is 1. The maximum absolute atomic E-state index is 11.0. The molecule has 0 bridgehead atoms. The first-order valence-corrected chi connectivity index (χ1v) is 5.91. The van der Waals surface area contributed by atoms with Crippen LogP contribution in [-0.2, 0) is 14.3 Å². The Morgan fingerprint density at radius 3 is 3.00 bits per heavy atom. The number of hydrogen-bond donors (Lipinski definition) is 2. The SMILES string of the molecule is CNC(=O)CO[C@@H]1COC2(CCNCC2)C1. The maximum atomic E-state index is 11.0. The highest BCUT2D eigenvalue weighted by Gasteiger charge is 2.41. The molecule has 16 heavy (non-hydrogen) atoms. The highest BCUT2D eigenvalue weighted by Crippen LogP contribution is 2.34. The van der Waals surface area contributed by atoms with Crippen LogP contribution < -0.4 is 10.6 Å². The number of carbonyl (C=O) groups excluding carboxylic acids is 1. The molecule has 0 unspecified atom stereocenters. The standard InChI is InChI=1S/C11H20N2O3/c1-12-10(14)8-15-9-6-11(16-7-9)2-4-13-5-3-11/h9,13H,2-8H2,1H3,(H,12,14)/t9-/m0/s1. The fourth-order valence-corrected chi connectivity index (χ4v) is 2.41. The molecule has 0 aromatic heterocycles. The molecule has 0 aromatic carbocycles. The van der Waals surface area contributed by atoms with Gasteiger partial charge >= 0.3 is 0 Å². The second kappa shape index (κ2) is 5.12. The van der Waals surface area contributed by atoms with E-state index in [1.165, 1.54) is 0 Å². The van der Waals surface area contributed by atoms with E-state index >= 15 is 0 Å². The first-order chi connectivity index (χ1) is 7.74. The molecule has 2 N–H and O–H groups in total. The normalized spacial score (nSPS) is 28.2. The molecule has 5 heteroatoms. The summed E-state index contributed by atoms with van der Waals surface area (Å²) in [5.41, 5.74) is 0.0125. The average molecular weight is 228 g/mol. The Kier molecular flexibility index (Phi) is 3.78. The highest BCUT2D eigenvalue weighted by atomic mass is 16.6. The number of hydrogen-bond acceptors (Lipinski definition) is 4. The molecule has 0 aliphatic carbocycles. The van der Waals surface area contributed by atoms with Crippen LogP contribution in [0.5, 0.6) is 0 Å². The Bertz CT molecular complexity index is 252. The van der Waals surface area contributed by atoms with E-state index in [-0.39, 0.29) is 24.2 Å². The van der Waals surface area contributed by atoms with Crippen LogP contribution in [0.4, 0.5) is 0 Å². The second-order valence-electron chi connectivity index (χ2n) is 4.55. The smallest absolute Gasteiger partial charge is 0.245 e. The molecular formula is C11H20N2O3. The molecule has 5 nitrogen and oxygen atoms in total. The van der Waals surface area contributed by atoms with Gasteiger partial charge in [0.25, 0.3) is 0 Å². The molecule has 2 saturated heterocycles. The van der Waals surface area contributed by atoms with Crippen LogP contribution in [0.15, 0.2) is 0 Å². The zero-order chi connectivity index (χ0) is 11.4. The summed E-state index contributed by atoms with van der Waals surface area (Å²) in [6.07, 6.45) is 3.10. The van der Waals surface area contributed by atoms with Gasteiger partial charge in [-0.2, -0.15) is 0 Å². The minimum atomic E-state index is -0.0775. The molecule has 0 radical (unpaired) electrons. The lowest BCUT2D eigenvalue weighted by Gasteiger charge is -2.32. The summed E-state index contributed by atoms with van der Waals surface area (Å²) in [6, 6.07) is 0. The van der Waals surface area contributed by atoms with E-state index in [1.54, 1.807) is 7.05 Å². The summed E-state index contributed by atoms with van der Waals surface area (Å²) in [5.74, 6) is -0.0775. The van der Waals surface area contributed by atoms with Crippen LogP contribution in [0.1, 0.15) is 19.3 Å². The monoisotopic (exact) mass is 228 g/mol. The van der Waals surface area contributed by atoms with E-state index in [0.717, 1.165) is 32.4 Å². The Morgan fingerprint density at radius 2 is 2.31 bits per heavy atom. The van der Waals surface area contributed by atoms with E-state index in [2.05, 4.69) is 10.6 Å². The van der Waals surface area contributed by atoms with E-state index in [0.29, 0.717) is 6.61 Å². The molecule has 1 atom stereocenters. The van der Waals surface area contributed by atoms with Crippen molar-refractivity contribution in [2.75, 3.05) is 33.4 Å². The molecule has 2 rings (SSSR count). The summed E-state index contributed by atoms with van der Waals surface area (Å²) in [6.45, 7) is 2.79. The Balaban J connectivity index is 1.76. The van der Waals surface area contributed by atoms with Crippen molar-refractivity contribution < 1.29 is 14.3 Å². The Morgan fingerprint density at radius 1 is 1.56 bits per heavy atom. The molecule has 2 heterocycles. The molecule has 2 aliphatic rings. The fourth-order valence-electron chi connectivity index (χ4n) is 2.41. The summed E-state index contributed by atoms with van der Waals surface area (Å²) >= 11 is 0. The van der Waals surface area contributed by atoms with Gasteiger partial charge in [0.15, 0.2) is 0 Å². The molecule has 0 saturated carbocycles. The second-order valence-corrected chi connectivity index (χ2v) is 4.55. The van der Waals surface area contributed by atoms with Crippen LogP contribution in [-0.4, -0.2) is 51.0 Å². The van der Waals surface area contributed by atoms with Crippen LogP contribution in [0.2, 0.25) is 0 Å². The summed E-state index contributed by atoms with van der Waals surface area (Å²) in [4.78, 5) is 11.0. The van der Waals surface area contributed by atoms with E-state index in [1.807, 2.05) is 0 Å². The molecule has 1 spiro atoms. The zero-order valence-corrected chi connectivity index (χ0v) is 9.75. The molecule has 1 amide bonds. The predicted octanol–water partition coefficient (Wildman–Crippen LogP) is -0.340. The fraction of sp³-hybridized carbons (Fsp3) is 0.909. The van der Waals surface area contributed by atoms with Crippen LogP contribution in [0, 0.1) is 0 Å². The maximum Gasteiger partial charge on any atom is 0.245 e. The quantitative estimate of drug-likeness (QED) is 0.694. The van der Waals surface area contributed by atoms with Crippen molar-refractivity contribution in [3.63, 3.8) is 0 Å². The van der Waals surface area contributed by atoms with Crippen molar-refractivity contribution in [3.8, 4) is 0 Å². The van der Waals surface area contributed by atoms with Gasteiger partial charge in [-0.1, -0.05) is 0 Å². The van der Waals surface area contributed by atoms with Gasteiger partial charge in [0.05, 0.1) is 18.3 Å². The minimum Gasteiger partial charge on any atom is -0.372 e. The largest absolute Gasteiger partial charge is 0.372 e. The summed E-state index contributed by atoms with van der Waals surface area (Å²) < 4.78 is 11.4. The van der Waals surface area contributed by atoms with Gasteiger partial charge in [-0.15, -0.1) is 0 Å². The van der Waals surface area contributed by atoms with Gasteiger partial charge in [0.1, 0.15) is 6.61 Å². The first-order valence-electron chi connectivity index (χ1n) is 5.91.